The Hall–Kier alpha value is -3.06. The molecule has 0 atom stereocenters. The summed E-state index contributed by atoms with van der Waals surface area (Å²) in [6.07, 6.45) is 3.77. The van der Waals surface area contributed by atoms with Crippen molar-refractivity contribution in [3.63, 3.8) is 0 Å². The van der Waals surface area contributed by atoms with Gasteiger partial charge in [-0.25, -0.2) is 0 Å². The van der Waals surface area contributed by atoms with Crippen LogP contribution in [0.15, 0.2) is 54.6 Å². The standard InChI is InChI=1S/C20H19NO3/c1-2-23-20(22)10-6-9-16-11-12-18(14-21)19(13-16)24-15-17-7-4-3-5-8-17/h3-9,11-13H,2,10,15H2,1H3. The van der Waals surface area contributed by atoms with Gasteiger partial charge in [0.05, 0.1) is 18.6 Å². The maximum absolute atomic E-state index is 11.3. The van der Waals surface area contributed by atoms with Crippen molar-refractivity contribution in [3.05, 3.63) is 71.3 Å². The molecule has 4 heteroatoms. The summed E-state index contributed by atoms with van der Waals surface area (Å²) in [5, 5.41) is 9.21. The summed E-state index contributed by atoms with van der Waals surface area (Å²) in [4.78, 5) is 11.3. The highest BCUT2D eigenvalue weighted by Gasteiger charge is 2.05. The third-order valence-electron chi connectivity index (χ3n) is 3.26. The lowest BCUT2D eigenvalue weighted by Crippen LogP contribution is -2.01. The van der Waals surface area contributed by atoms with Crippen LogP contribution < -0.4 is 4.74 Å². The normalized spacial score (nSPS) is 10.3. The van der Waals surface area contributed by atoms with Crippen molar-refractivity contribution < 1.29 is 14.3 Å². The van der Waals surface area contributed by atoms with Crippen molar-refractivity contribution in [2.45, 2.75) is 20.0 Å². The van der Waals surface area contributed by atoms with Crippen LogP contribution in [0.5, 0.6) is 5.75 Å². The highest BCUT2D eigenvalue weighted by Crippen LogP contribution is 2.22. The van der Waals surface area contributed by atoms with Gasteiger partial charge in [-0.15, -0.1) is 0 Å². The average molecular weight is 321 g/mol. The quantitative estimate of drug-likeness (QED) is 0.720. The van der Waals surface area contributed by atoms with E-state index in [0.29, 0.717) is 24.5 Å². The minimum absolute atomic E-state index is 0.216. The van der Waals surface area contributed by atoms with Crippen molar-refractivity contribution in [2.75, 3.05) is 6.61 Å². The molecule has 0 N–H and O–H groups in total. The number of hydrogen-bond donors (Lipinski definition) is 0. The van der Waals surface area contributed by atoms with Crippen LogP contribution in [-0.4, -0.2) is 12.6 Å². The maximum Gasteiger partial charge on any atom is 0.309 e. The number of hydrogen-bond acceptors (Lipinski definition) is 4. The fourth-order valence-electron chi connectivity index (χ4n) is 2.10. The third-order valence-corrected chi connectivity index (χ3v) is 3.26. The molecule has 0 saturated carbocycles. The zero-order valence-electron chi connectivity index (χ0n) is 13.6. The first-order valence-corrected chi connectivity index (χ1v) is 7.76. The van der Waals surface area contributed by atoms with E-state index in [2.05, 4.69) is 6.07 Å². The Morgan fingerprint density at radius 3 is 2.71 bits per heavy atom. The lowest BCUT2D eigenvalue weighted by molar-refractivity contribution is -0.142. The molecule has 2 aromatic rings. The maximum atomic E-state index is 11.3. The largest absolute Gasteiger partial charge is 0.488 e. The second-order valence-electron chi connectivity index (χ2n) is 5.05. The molecule has 0 aliphatic heterocycles. The summed E-state index contributed by atoms with van der Waals surface area (Å²) in [5.74, 6) is 0.266. The Morgan fingerprint density at radius 1 is 1.21 bits per heavy atom. The lowest BCUT2D eigenvalue weighted by Gasteiger charge is -2.09. The van der Waals surface area contributed by atoms with Gasteiger partial charge in [-0.1, -0.05) is 48.6 Å². The van der Waals surface area contributed by atoms with Gasteiger partial charge in [0, 0.05) is 0 Å². The van der Waals surface area contributed by atoms with E-state index in [0.717, 1.165) is 11.1 Å². The molecule has 2 aromatic carbocycles. The second-order valence-corrected chi connectivity index (χ2v) is 5.05. The Balaban J connectivity index is 2.05. The summed E-state index contributed by atoms with van der Waals surface area (Å²) < 4.78 is 10.6. The van der Waals surface area contributed by atoms with Gasteiger partial charge in [-0.2, -0.15) is 5.26 Å². The van der Waals surface area contributed by atoms with Crippen LogP contribution in [0, 0.1) is 11.3 Å². The first-order valence-electron chi connectivity index (χ1n) is 7.76. The molecule has 0 spiro atoms. The molecule has 0 unspecified atom stereocenters. The molecule has 0 amide bonds. The average Bonchev–Trinajstić information content (AvgIpc) is 2.61. The van der Waals surface area contributed by atoms with Gasteiger partial charge in [0.2, 0.25) is 0 Å². The molecule has 0 radical (unpaired) electrons. The van der Waals surface area contributed by atoms with Crippen molar-refractivity contribution in [1.29, 1.82) is 5.26 Å². The molecule has 0 aromatic heterocycles. The number of nitrogens with zero attached hydrogens (tertiary/aromatic N) is 1. The Kier molecular flexibility index (Phi) is 6.60. The number of esters is 1. The highest BCUT2D eigenvalue weighted by atomic mass is 16.5. The van der Waals surface area contributed by atoms with E-state index < -0.39 is 0 Å². The second kappa shape index (κ2) is 9.16. The summed E-state index contributed by atoms with van der Waals surface area (Å²) >= 11 is 0. The van der Waals surface area contributed by atoms with E-state index in [-0.39, 0.29) is 12.4 Å². The monoisotopic (exact) mass is 321 g/mol. The van der Waals surface area contributed by atoms with Gasteiger partial charge in [0.1, 0.15) is 18.4 Å². The van der Waals surface area contributed by atoms with Crippen LogP contribution in [-0.2, 0) is 16.1 Å². The first-order chi connectivity index (χ1) is 11.7. The summed E-state index contributed by atoms with van der Waals surface area (Å²) in [6.45, 7) is 2.55. The minimum atomic E-state index is -0.261. The SMILES string of the molecule is CCOC(=O)CC=Cc1ccc(C#N)c(OCc2ccccc2)c1. The number of nitriles is 1. The molecule has 0 bridgehead atoms. The zero-order valence-corrected chi connectivity index (χ0v) is 13.6. The van der Waals surface area contributed by atoms with Crippen molar-refractivity contribution >= 4 is 12.0 Å². The predicted molar refractivity (Wildman–Crippen MR) is 92.2 cm³/mol. The van der Waals surface area contributed by atoms with Gasteiger partial charge in [0.25, 0.3) is 0 Å². The van der Waals surface area contributed by atoms with E-state index in [1.54, 1.807) is 25.1 Å². The Labute approximate surface area is 141 Å². The molecule has 24 heavy (non-hydrogen) atoms. The minimum Gasteiger partial charge on any atom is -0.488 e. The molecule has 2 rings (SSSR count). The number of carbonyl (C=O) groups excluding carboxylic acids is 1. The van der Waals surface area contributed by atoms with Crippen LogP contribution in [0.25, 0.3) is 6.08 Å². The summed E-state index contributed by atoms with van der Waals surface area (Å²) in [6, 6.07) is 17.2. The van der Waals surface area contributed by atoms with E-state index in [1.165, 1.54) is 0 Å². The molecule has 122 valence electrons. The third kappa shape index (κ3) is 5.29. The van der Waals surface area contributed by atoms with Gasteiger partial charge >= 0.3 is 5.97 Å². The van der Waals surface area contributed by atoms with Crippen LogP contribution in [0.2, 0.25) is 0 Å². The number of rotatable bonds is 7. The fraction of sp³-hybridized carbons (Fsp3) is 0.200. The summed E-state index contributed by atoms with van der Waals surface area (Å²) in [7, 11) is 0. The molecule has 0 saturated heterocycles. The molecule has 4 nitrogen and oxygen atoms in total. The first kappa shape index (κ1) is 17.3. The number of ether oxygens (including phenoxy) is 2. The van der Waals surface area contributed by atoms with E-state index in [4.69, 9.17) is 9.47 Å². The molecule has 0 aliphatic carbocycles. The van der Waals surface area contributed by atoms with Crippen molar-refractivity contribution in [3.8, 4) is 11.8 Å². The Bertz CT molecular complexity index is 745. The van der Waals surface area contributed by atoms with Gasteiger partial charge in [0.15, 0.2) is 0 Å². The van der Waals surface area contributed by atoms with Crippen LogP contribution >= 0.6 is 0 Å². The lowest BCUT2D eigenvalue weighted by atomic mass is 10.1. The predicted octanol–water partition coefficient (Wildman–Crippen LogP) is 4.10. The summed E-state index contributed by atoms with van der Waals surface area (Å²) in [5.41, 5.74) is 2.37. The van der Waals surface area contributed by atoms with E-state index >= 15 is 0 Å². The molecular weight excluding hydrogens is 302 g/mol. The Morgan fingerprint density at radius 2 is 2.00 bits per heavy atom. The van der Waals surface area contributed by atoms with Gasteiger partial charge in [-0.3, -0.25) is 4.79 Å². The van der Waals surface area contributed by atoms with Crippen molar-refractivity contribution in [1.82, 2.24) is 0 Å². The van der Waals surface area contributed by atoms with Crippen LogP contribution in [0.4, 0.5) is 0 Å². The van der Waals surface area contributed by atoms with Crippen LogP contribution in [0.3, 0.4) is 0 Å². The van der Waals surface area contributed by atoms with E-state index in [1.807, 2.05) is 42.5 Å². The topological polar surface area (TPSA) is 59.3 Å². The molecule has 0 heterocycles. The van der Waals surface area contributed by atoms with Crippen LogP contribution in [0.1, 0.15) is 30.0 Å². The smallest absolute Gasteiger partial charge is 0.309 e. The number of benzene rings is 2. The fourth-order valence-corrected chi connectivity index (χ4v) is 2.10. The molecule has 0 aliphatic rings. The zero-order chi connectivity index (χ0) is 17.2. The molecular formula is C20H19NO3. The highest BCUT2D eigenvalue weighted by molar-refractivity contribution is 5.72. The van der Waals surface area contributed by atoms with Gasteiger partial charge < -0.3 is 9.47 Å². The number of carbonyl (C=O) groups is 1. The molecule has 0 fully saturated rings. The van der Waals surface area contributed by atoms with Crippen molar-refractivity contribution in [2.24, 2.45) is 0 Å². The van der Waals surface area contributed by atoms with Gasteiger partial charge in [-0.05, 0) is 30.2 Å². The van der Waals surface area contributed by atoms with E-state index in [9.17, 15) is 10.1 Å².